The van der Waals surface area contributed by atoms with E-state index in [2.05, 4.69) is 51.2 Å². The summed E-state index contributed by atoms with van der Waals surface area (Å²) in [5, 5.41) is 7.10. The lowest BCUT2D eigenvalue weighted by molar-refractivity contribution is 0.404. The molecule has 1 atom stereocenters. The van der Waals surface area contributed by atoms with Crippen LogP contribution >= 0.6 is 0 Å². The SMILES string of the molecule is CC(Cc1ccccc1)NCc1ncon1. The molecule has 1 heterocycles. The van der Waals surface area contributed by atoms with Gasteiger partial charge in [-0.15, -0.1) is 0 Å². The Morgan fingerprint density at radius 1 is 1.31 bits per heavy atom. The summed E-state index contributed by atoms with van der Waals surface area (Å²) in [6.45, 7) is 2.79. The highest BCUT2D eigenvalue weighted by Gasteiger charge is 2.04. The molecule has 2 aromatic rings. The fourth-order valence-electron chi connectivity index (χ4n) is 1.58. The molecule has 16 heavy (non-hydrogen) atoms. The van der Waals surface area contributed by atoms with Crippen LogP contribution in [0.15, 0.2) is 41.2 Å². The Hall–Kier alpha value is -1.68. The van der Waals surface area contributed by atoms with Crippen LogP contribution in [-0.4, -0.2) is 16.2 Å². The van der Waals surface area contributed by atoms with Crippen molar-refractivity contribution in [2.24, 2.45) is 0 Å². The lowest BCUT2D eigenvalue weighted by atomic mass is 10.1. The Kier molecular flexibility index (Phi) is 3.66. The Morgan fingerprint density at radius 3 is 2.81 bits per heavy atom. The predicted molar refractivity (Wildman–Crippen MR) is 60.7 cm³/mol. The van der Waals surface area contributed by atoms with Gasteiger partial charge in [-0.2, -0.15) is 4.98 Å². The van der Waals surface area contributed by atoms with Gasteiger partial charge in [-0.1, -0.05) is 35.5 Å². The summed E-state index contributed by atoms with van der Waals surface area (Å²) in [6, 6.07) is 10.8. The molecule has 1 aromatic heterocycles. The Morgan fingerprint density at radius 2 is 2.12 bits per heavy atom. The number of benzene rings is 1. The van der Waals surface area contributed by atoms with E-state index in [9.17, 15) is 0 Å². The van der Waals surface area contributed by atoms with Crippen LogP contribution in [0.4, 0.5) is 0 Å². The maximum Gasteiger partial charge on any atom is 0.213 e. The van der Waals surface area contributed by atoms with E-state index in [0.717, 1.165) is 6.42 Å². The zero-order chi connectivity index (χ0) is 11.2. The third kappa shape index (κ3) is 3.17. The quantitative estimate of drug-likeness (QED) is 0.829. The zero-order valence-electron chi connectivity index (χ0n) is 9.26. The molecule has 0 spiro atoms. The second-order valence-corrected chi connectivity index (χ2v) is 3.82. The minimum absolute atomic E-state index is 0.390. The van der Waals surface area contributed by atoms with Crippen LogP contribution in [0.2, 0.25) is 0 Å². The van der Waals surface area contributed by atoms with Crippen molar-refractivity contribution in [3.05, 3.63) is 48.1 Å². The van der Waals surface area contributed by atoms with Gasteiger partial charge in [-0.3, -0.25) is 0 Å². The highest BCUT2D eigenvalue weighted by atomic mass is 16.5. The molecule has 0 aliphatic rings. The van der Waals surface area contributed by atoms with Crippen molar-refractivity contribution < 1.29 is 4.52 Å². The molecule has 0 saturated heterocycles. The molecule has 2 rings (SSSR count). The average molecular weight is 217 g/mol. The monoisotopic (exact) mass is 217 g/mol. The normalized spacial score (nSPS) is 12.6. The van der Waals surface area contributed by atoms with Crippen molar-refractivity contribution >= 4 is 0 Å². The second-order valence-electron chi connectivity index (χ2n) is 3.82. The summed E-state index contributed by atoms with van der Waals surface area (Å²) in [5.41, 5.74) is 1.33. The van der Waals surface area contributed by atoms with Gasteiger partial charge in [0.1, 0.15) is 0 Å². The third-order valence-electron chi connectivity index (χ3n) is 2.40. The summed E-state index contributed by atoms with van der Waals surface area (Å²) in [5.74, 6) is 0.694. The first-order valence-corrected chi connectivity index (χ1v) is 5.37. The van der Waals surface area contributed by atoms with Gasteiger partial charge in [0.15, 0.2) is 5.82 Å². The van der Waals surface area contributed by atoms with Gasteiger partial charge in [0.05, 0.1) is 6.54 Å². The highest BCUT2D eigenvalue weighted by Crippen LogP contribution is 2.03. The molecule has 0 saturated carbocycles. The van der Waals surface area contributed by atoms with E-state index < -0.39 is 0 Å². The smallest absolute Gasteiger partial charge is 0.213 e. The van der Waals surface area contributed by atoms with E-state index in [0.29, 0.717) is 18.4 Å². The molecule has 4 heteroatoms. The van der Waals surface area contributed by atoms with E-state index >= 15 is 0 Å². The molecule has 0 fully saturated rings. The molecule has 0 bridgehead atoms. The number of nitrogens with one attached hydrogen (secondary N) is 1. The number of nitrogens with zero attached hydrogens (tertiary/aromatic N) is 2. The Bertz CT molecular complexity index is 399. The topological polar surface area (TPSA) is 51.0 Å². The summed E-state index contributed by atoms with van der Waals surface area (Å²) in [6.07, 6.45) is 2.34. The van der Waals surface area contributed by atoms with E-state index in [-0.39, 0.29) is 0 Å². The van der Waals surface area contributed by atoms with Gasteiger partial charge in [-0.25, -0.2) is 0 Å². The van der Waals surface area contributed by atoms with Crippen LogP contribution in [0, 0.1) is 0 Å². The van der Waals surface area contributed by atoms with Gasteiger partial charge in [-0.05, 0) is 18.9 Å². The molecular formula is C12H15N3O. The van der Waals surface area contributed by atoms with Gasteiger partial charge in [0.25, 0.3) is 0 Å². The number of aromatic nitrogens is 2. The maximum absolute atomic E-state index is 4.66. The first kappa shape index (κ1) is 10.8. The van der Waals surface area contributed by atoms with Crippen molar-refractivity contribution in [3.8, 4) is 0 Å². The van der Waals surface area contributed by atoms with Gasteiger partial charge >= 0.3 is 0 Å². The molecule has 84 valence electrons. The predicted octanol–water partition coefficient (Wildman–Crippen LogP) is 1.79. The standard InChI is InChI=1S/C12H15N3O/c1-10(7-11-5-3-2-4-6-11)13-8-12-14-9-16-15-12/h2-6,9-10,13H,7-8H2,1H3. The van der Waals surface area contributed by atoms with Crippen molar-refractivity contribution in [2.75, 3.05) is 0 Å². The maximum atomic E-state index is 4.66. The van der Waals surface area contributed by atoms with Crippen LogP contribution in [0.5, 0.6) is 0 Å². The number of hydrogen-bond donors (Lipinski definition) is 1. The fraction of sp³-hybridized carbons (Fsp3) is 0.333. The number of hydrogen-bond acceptors (Lipinski definition) is 4. The van der Waals surface area contributed by atoms with Crippen molar-refractivity contribution in [2.45, 2.75) is 25.9 Å². The van der Waals surface area contributed by atoms with Crippen LogP contribution in [0.25, 0.3) is 0 Å². The zero-order valence-corrected chi connectivity index (χ0v) is 9.26. The van der Waals surface area contributed by atoms with E-state index in [4.69, 9.17) is 0 Å². The van der Waals surface area contributed by atoms with E-state index in [1.807, 2.05) is 6.07 Å². The third-order valence-corrected chi connectivity index (χ3v) is 2.40. The molecule has 0 radical (unpaired) electrons. The molecule has 0 amide bonds. The van der Waals surface area contributed by atoms with E-state index in [1.165, 1.54) is 12.0 Å². The van der Waals surface area contributed by atoms with Crippen LogP contribution in [0.3, 0.4) is 0 Å². The summed E-state index contributed by atoms with van der Waals surface area (Å²) < 4.78 is 4.66. The lowest BCUT2D eigenvalue weighted by Crippen LogP contribution is -2.27. The second kappa shape index (κ2) is 5.42. The molecule has 1 aromatic carbocycles. The first-order chi connectivity index (χ1) is 7.84. The van der Waals surface area contributed by atoms with E-state index in [1.54, 1.807) is 0 Å². The number of rotatable bonds is 5. The Labute approximate surface area is 94.7 Å². The van der Waals surface area contributed by atoms with Crippen LogP contribution < -0.4 is 5.32 Å². The molecule has 0 aliphatic carbocycles. The minimum Gasteiger partial charge on any atom is -0.343 e. The van der Waals surface area contributed by atoms with Crippen molar-refractivity contribution in [3.63, 3.8) is 0 Å². The molecular weight excluding hydrogens is 202 g/mol. The highest BCUT2D eigenvalue weighted by molar-refractivity contribution is 5.15. The summed E-state index contributed by atoms with van der Waals surface area (Å²) in [7, 11) is 0. The summed E-state index contributed by atoms with van der Waals surface area (Å²) >= 11 is 0. The Balaban J connectivity index is 1.78. The minimum atomic E-state index is 0.390. The van der Waals surface area contributed by atoms with Gasteiger partial charge in [0.2, 0.25) is 6.39 Å². The molecule has 1 N–H and O–H groups in total. The van der Waals surface area contributed by atoms with Crippen molar-refractivity contribution in [1.29, 1.82) is 0 Å². The van der Waals surface area contributed by atoms with Crippen LogP contribution in [0.1, 0.15) is 18.3 Å². The molecule has 0 aliphatic heterocycles. The average Bonchev–Trinajstić information content (AvgIpc) is 2.81. The first-order valence-electron chi connectivity index (χ1n) is 5.37. The summed E-state index contributed by atoms with van der Waals surface area (Å²) in [4.78, 5) is 3.95. The molecule has 4 nitrogen and oxygen atoms in total. The van der Waals surface area contributed by atoms with Crippen LogP contribution in [-0.2, 0) is 13.0 Å². The van der Waals surface area contributed by atoms with Gasteiger partial charge in [0, 0.05) is 6.04 Å². The lowest BCUT2D eigenvalue weighted by Gasteiger charge is -2.12. The van der Waals surface area contributed by atoms with Crippen molar-refractivity contribution in [1.82, 2.24) is 15.5 Å². The fourth-order valence-corrected chi connectivity index (χ4v) is 1.58. The molecule has 1 unspecified atom stereocenters. The van der Waals surface area contributed by atoms with Gasteiger partial charge < -0.3 is 9.84 Å². The largest absolute Gasteiger partial charge is 0.343 e.